The summed E-state index contributed by atoms with van der Waals surface area (Å²) >= 11 is 5.84. The molecule has 0 heterocycles. The third kappa shape index (κ3) is 3.85. The summed E-state index contributed by atoms with van der Waals surface area (Å²) in [5.74, 6) is -1.86. The zero-order valence-electron chi connectivity index (χ0n) is 9.94. The molecular formula is C11H12ClN3O4. The second kappa shape index (κ2) is 6.05. The Balaban J connectivity index is 2.96. The number of anilines is 1. The molecule has 19 heavy (non-hydrogen) atoms. The third-order valence-electron chi connectivity index (χ3n) is 2.24. The van der Waals surface area contributed by atoms with E-state index in [0.717, 1.165) is 0 Å². The highest BCUT2D eigenvalue weighted by molar-refractivity contribution is 6.34. The molecule has 0 bridgehead atoms. The smallest absolute Gasteiger partial charge is 0.337 e. The molecule has 0 spiro atoms. The summed E-state index contributed by atoms with van der Waals surface area (Å²) in [6.07, 6.45) is 0. The zero-order chi connectivity index (χ0) is 14.6. The summed E-state index contributed by atoms with van der Waals surface area (Å²) in [5.41, 5.74) is 4.71. The molecule has 0 aliphatic heterocycles. The Hall–Kier alpha value is -2.28. The number of hydrogen-bond acceptors (Lipinski definition) is 3. The van der Waals surface area contributed by atoms with Crippen molar-refractivity contribution in [2.75, 3.05) is 5.32 Å². The van der Waals surface area contributed by atoms with E-state index in [0.29, 0.717) is 0 Å². The average molecular weight is 286 g/mol. The van der Waals surface area contributed by atoms with Gasteiger partial charge in [-0.25, -0.2) is 9.59 Å². The highest BCUT2D eigenvalue weighted by atomic mass is 35.5. The topological polar surface area (TPSA) is 122 Å². The lowest BCUT2D eigenvalue weighted by molar-refractivity contribution is -0.117. The molecule has 0 aliphatic carbocycles. The average Bonchev–Trinajstić information content (AvgIpc) is 2.30. The Kier molecular flexibility index (Phi) is 4.71. The van der Waals surface area contributed by atoms with Crippen molar-refractivity contribution in [3.8, 4) is 0 Å². The van der Waals surface area contributed by atoms with Crippen LogP contribution in [0.25, 0.3) is 0 Å². The number of nitrogens with one attached hydrogen (secondary N) is 2. The van der Waals surface area contributed by atoms with E-state index in [1.54, 1.807) is 0 Å². The molecule has 3 amide bonds. The van der Waals surface area contributed by atoms with E-state index in [1.807, 2.05) is 0 Å². The number of amides is 3. The molecule has 5 N–H and O–H groups in total. The van der Waals surface area contributed by atoms with Gasteiger partial charge < -0.3 is 21.5 Å². The lowest BCUT2D eigenvalue weighted by atomic mass is 10.1. The van der Waals surface area contributed by atoms with Crippen LogP contribution in [0.2, 0.25) is 5.02 Å². The summed E-state index contributed by atoms with van der Waals surface area (Å²) < 4.78 is 0. The van der Waals surface area contributed by atoms with Crippen LogP contribution in [0.15, 0.2) is 18.2 Å². The van der Waals surface area contributed by atoms with Gasteiger partial charge in [0.1, 0.15) is 6.04 Å². The van der Waals surface area contributed by atoms with E-state index >= 15 is 0 Å². The van der Waals surface area contributed by atoms with E-state index in [1.165, 1.54) is 25.1 Å². The van der Waals surface area contributed by atoms with Gasteiger partial charge in [0.25, 0.3) is 0 Å². The summed E-state index contributed by atoms with van der Waals surface area (Å²) in [6.45, 7) is 1.40. The fourth-order valence-corrected chi connectivity index (χ4v) is 1.56. The van der Waals surface area contributed by atoms with Crippen LogP contribution in [0, 0.1) is 0 Å². The quantitative estimate of drug-likeness (QED) is 0.660. The zero-order valence-corrected chi connectivity index (χ0v) is 10.7. The number of hydrogen-bond donors (Lipinski definition) is 4. The summed E-state index contributed by atoms with van der Waals surface area (Å²) in [4.78, 5) is 33.4. The van der Waals surface area contributed by atoms with Gasteiger partial charge in [-0.1, -0.05) is 17.7 Å². The minimum absolute atomic E-state index is 0.0280. The predicted octanol–water partition coefficient (Wildman–Crippen LogP) is 1.03. The van der Waals surface area contributed by atoms with Gasteiger partial charge in [-0.3, -0.25) is 4.79 Å². The van der Waals surface area contributed by atoms with E-state index in [2.05, 4.69) is 10.6 Å². The van der Waals surface area contributed by atoms with Crippen molar-refractivity contribution in [3.05, 3.63) is 28.8 Å². The Morgan fingerprint density at radius 2 is 2.00 bits per heavy atom. The second-order valence-electron chi connectivity index (χ2n) is 3.69. The number of urea groups is 1. The number of benzene rings is 1. The minimum Gasteiger partial charge on any atom is -0.478 e. The van der Waals surface area contributed by atoms with Crippen molar-refractivity contribution in [3.63, 3.8) is 0 Å². The van der Waals surface area contributed by atoms with E-state index in [4.69, 9.17) is 22.4 Å². The van der Waals surface area contributed by atoms with Gasteiger partial charge in [-0.05, 0) is 19.1 Å². The van der Waals surface area contributed by atoms with Gasteiger partial charge in [0.2, 0.25) is 5.91 Å². The Labute approximate surface area is 113 Å². The van der Waals surface area contributed by atoms with Gasteiger partial charge in [-0.2, -0.15) is 0 Å². The maximum Gasteiger partial charge on any atom is 0.337 e. The number of carboxylic acid groups (broad SMARTS) is 1. The Bertz CT molecular complexity index is 533. The fraction of sp³-hybridized carbons (Fsp3) is 0.182. The molecule has 0 fully saturated rings. The van der Waals surface area contributed by atoms with Crippen LogP contribution in [0.4, 0.5) is 10.5 Å². The Morgan fingerprint density at radius 3 is 2.53 bits per heavy atom. The fourth-order valence-electron chi connectivity index (χ4n) is 1.34. The van der Waals surface area contributed by atoms with Crippen molar-refractivity contribution in [2.45, 2.75) is 13.0 Å². The molecule has 1 aromatic carbocycles. The van der Waals surface area contributed by atoms with Gasteiger partial charge >= 0.3 is 12.0 Å². The summed E-state index contributed by atoms with van der Waals surface area (Å²) in [6, 6.07) is 2.41. The van der Waals surface area contributed by atoms with Crippen LogP contribution >= 0.6 is 11.6 Å². The first-order valence-corrected chi connectivity index (χ1v) is 5.59. The first kappa shape index (κ1) is 14.8. The number of halogens is 1. The highest BCUT2D eigenvalue weighted by Gasteiger charge is 2.19. The van der Waals surface area contributed by atoms with Gasteiger partial charge in [0, 0.05) is 0 Å². The first-order valence-electron chi connectivity index (χ1n) is 5.21. The van der Waals surface area contributed by atoms with Crippen molar-refractivity contribution in [1.82, 2.24) is 5.32 Å². The maximum atomic E-state index is 11.7. The van der Waals surface area contributed by atoms with E-state index < -0.39 is 23.9 Å². The molecule has 1 aromatic rings. The van der Waals surface area contributed by atoms with Crippen LogP contribution in [0.3, 0.4) is 0 Å². The molecule has 7 nitrogen and oxygen atoms in total. The number of nitrogens with two attached hydrogens (primary N) is 1. The number of primary amides is 1. The van der Waals surface area contributed by atoms with Crippen molar-refractivity contribution in [2.24, 2.45) is 5.73 Å². The second-order valence-corrected chi connectivity index (χ2v) is 4.09. The van der Waals surface area contributed by atoms with Gasteiger partial charge in [0.05, 0.1) is 16.3 Å². The van der Waals surface area contributed by atoms with Crippen LogP contribution in [-0.4, -0.2) is 29.1 Å². The molecule has 8 heteroatoms. The molecular weight excluding hydrogens is 274 g/mol. The molecule has 0 aromatic heterocycles. The van der Waals surface area contributed by atoms with Crippen LogP contribution in [0.1, 0.15) is 17.3 Å². The lowest BCUT2D eigenvalue weighted by Crippen LogP contribution is -2.44. The Morgan fingerprint density at radius 1 is 1.37 bits per heavy atom. The predicted molar refractivity (Wildman–Crippen MR) is 69.2 cm³/mol. The standard InChI is InChI=1S/C11H12ClN3O4/c1-5(14-11(13)19)9(16)15-8-6(10(17)18)3-2-4-7(8)12/h2-5H,1H3,(H,15,16)(H,17,18)(H3,13,14,19). The van der Waals surface area contributed by atoms with E-state index in [9.17, 15) is 14.4 Å². The minimum atomic E-state index is -1.23. The molecule has 0 radical (unpaired) electrons. The molecule has 1 unspecified atom stereocenters. The monoisotopic (exact) mass is 285 g/mol. The molecule has 1 atom stereocenters. The number of carbonyl (C=O) groups is 3. The molecule has 0 aliphatic rings. The molecule has 0 saturated heterocycles. The SMILES string of the molecule is CC(NC(N)=O)C(=O)Nc1c(Cl)cccc1C(=O)O. The highest BCUT2D eigenvalue weighted by Crippen LogP contribution is 2.26. The van der Waals surface area contributed by atoms with Crippen LogP contribution < -0.4 is 16.4 Å². The number of aromatic carboxylic acids is 1. The first-order chi connectivity index (χ1) is 8.82. The van der Waals surface area contributed by atoms with Crippen LogP contribution in [0.5, 0.6) is 0 Å². The number of para-hydroxylation sites is 1. The summed E-state index contributed by atoms with van der Waals surface area (Å²) in [7, 11) is 0. The summed E-state index contributed by atoms with van der Waals surface area (Å²) in [5, 5.41) is 13.6. The van der Waals surface area contributed by atoms with Gasteiger partial charge in [0.15, 0.2) is 0 Å². The normalized spacial score (nSPS) is 11.5. The van der Waals surface area contributed by atoms with Crippen molar-refractivity contribution >= 4 is 35.2 Å². The van der Waals surface area contributed by atoms with Crippen molar-refractivity contribution in [1.29, 1.82) is 0 Å². The van der Waals surface area contributed by atoms with Crippen molar-refractivity contribution < 1.29 is 19.5 Å². The lowest BCUT2D eigenvalue weighted by Gasteiger charge is -2.14. The third-order valence-corrected chi connectivity index (χ3v) is 2.56. The number of rotatable bonds is 4. The number of carboxylic acids is 1. The molecule has 1 rings (SSSR count). The maximum absolute atomic E-state index is 11.7. The molecule has 0 saturated carbocycles. The molecule has 102 valence electrons. The largest absolute Gasteiger partial charge is 0.478 e. The number of carbonyl (C=O) groups excluding carboxylic acids is 2. The van der Waals surface area contributed by atoms with Crippen LogP contribution in [-0.2, 0) is 4.79 Å². The van der Waals surface area contributed by atoms with Gasteiger partial charge in [-0.15, -0.1) is 0 Å². The van der Waals surface area contributed by atoms with E-state index in [-0.39, 0.29) is 16.3 Å².